The Morgan fingerprint density at radius 2 is 1.69 bits per heavy atom. The van der Waals surface area contributed by atoms with Crippen molar-refractivity contribution in [2.24, 2.45) is 0 Å². The molecule has 1 unspecified atom stereocenters. The van der Waals surface area contributed by atoms with Crippen LogP contribution >= 0.6 is 7.60 Å². The highest BCUT2D eigenvalue weighted by molar-refractivity contribution is 7.58. The van der Waals surface area contributed by atoms with E-state index < -0.39 is 35.9 Å². The number of nitro groups is 1. The molecule has 7 nitrogen and oxygen atoms in total. The fourth-order valence-electron chi connectivity index (χ4n) is 3.40. The molecule has 160 valence electrons. The van der Waals surface area contributed by atoms with E-state index in [1.165, 1.54) is 26.0 Å². The lowest BCUT2D eigenvalue weighted by Gasteiger charge is -2.32. The number of nitrogens with zero attached hydrogens (tertiary/aromatic N) is 1. The highest BCUT2D eigenvalue weighted by Gasteiger charge is 2.49. The average Bonchev–Trinajstić information content (AvgIpc) is 2.60. The van der Waals surface area contributed by atoms with Crippen LogP contribution in [0.1, 0.15) is 44.7 Å². The van der Waals surface area contributed by atoms with E-state index in [9.17, 15) is 27.9 Å². The molecule has 1 aliphatic heterocycles. The first-order valence-electron chi connectivity index (χ1n) is 8.86. The van der Waals surface area contributed by atoms with Crippen molar-refractivity contribution < 1.29 is 31.7 Å². The van der Waals surface area contributed by atoms with Gasteiger partial charge in [-0.05, 0) is 39.3 Å². The van der Waals surface area contributed by atoms with Crippen LogP contribution in [0.2, 0.25) is 0 Å². The van der Waals surface area contributed by atoms with Gasteiger partial charge in [-0.2, -0.15) is 13.2 Å². The van der Waals surface area contributed by atoms with Crippen LogP contribution in [0.5, 0.6) is 0 Å². The van der Waals surface area contributed by atoms with Gasteiger partial charge in [-0.25, -0.2) is 0 Å². The zero-order valence-electron chi connectivity index (χ0n) is 16.4. The Morgan fingerprint density at radius 1 is 1.14 bits per heavy atom. The molecule has 0 spiro atoms. The molecule has 0 saturated heterocycles. The first-order chi connectivity index (χ1) is 13.5. The molecule has 0 aromatic heterocycles. The van der Waals surface area contributed by atoms with E-state index in [0.29, 0.717) is 0 Å². The predicted octanol–water partition coefficient (Wildman–Crippen LogP) is 5.40. The molecule has 1 aromatic carbocycles. The van der Waals surface area contributed by atoms with Crippen molar-refractivity contribution >= 4 is 7.60 Å². The Bertz CT molecular complexity index is 901. The minimum atomic E-state index is -4.77. The third-order valence-corrected chi connectivity index (χ3v) is 6.74. The molecular formula is C18H22F3N2O5P. The fourth-order valence-corrected chi connectivity index (χ4v) is 5.47. The first-order valence-corrected chi connectivity index (χ1v) is 10.4. The van der Waals surface area contributed by atoms with Crippen molar-refractivity contribution in [2.75, 3.05) is 13.2 Å². The smallest absolute Gasteiger partial charge is 0.357 e. The summed E-state index contributed by atoms with van der Waals surface area (Å²) in [4.78, 5) is 11.1. The van der Waals surface area contributed by atoms with Crippen molar-refractivity contribution in [1.29, 1.82) is 0 Å². The van der Waals surface area contributed by atoms with Crippen LogP contribution in [0.25, 0.3) is 0 Å². The lowest BCUT2D eigenvalue weighted by Crippen LogP contribution is -2.29. The molecule has 2 rings (SSSR count). The van der Waals surface area contributed by atoms with Gasteiger partial charge in [-0.3, -0.25) is 14.7 Å². The SMILES string of the molecule is CCOP(=O)(OCC)C1=C(C)NC(C)=C([N+](=O)[O-])C1c1ccccc1C(F)(F)F. The molecule has 0 fully saturated rings. The van der Waals surface area contributed by atoms with Gasteiger partial charge in [0.2, 0.25) is 0 Å². The highest BCUT2D eigenvalue weighted by Crippen LogP contribution is 2.64. The maximum Gasteiger partial charge on any atom is 0.416 e. The number of rotatable bonds is 7. The summed E-state index contributed by atoms with van der Waals surface area (Å²) in [7, 11) is -4.14. The normalized spacial score (nSPS) is 18.1. The number of allylic oxidation sites excluding steroid dienone is 3. The summed E-state index contributed by atoms with van der Waals surface area (Å²) < 4.78 is 65.3. The average molecular weight is 434 g/mol. The van der Waals surface area contributed by atoms with Gasteiger partial charge in [0.1, 0.15) is 5.92 Å². The van der Waals surface area contributed by atoms with E-state index in [1.54, 1.807) is 13.8 Å². The second-order valence-corrected chi connectivity index (χ2v) is 8.25. The number of halogens is 3. The Hall–Kier alpha value is -2.16. The van der Waals surface area contributed by atoms with Gasteiger partial charge in [-0.1, -0.05) is 18.2 Å². The maximum absolute atomic E-state index is 13.7. The molecule has 0 amide bonds. The van der Waals surface area contributed by atoms with Gasteiger partial charge >= 0.3 is 13.8 Å². The number of benzene rings is 1. The molecular weight excluding hydrogens is 412 g/mol. The third-order valence-electron chi connectivity index (χ3n) is 4.36. The van der Waals surface area contributed by atoms with Crippen LogP contribution in [-0.2, 0) is 19.8 Å². The Morgan fingerprint density at radius 3 is 2.17 bits per heavy atom. The quantitative estimate of drug-likeness (QED) is 0.351. The molecule has 1 atom stereocenters. The van der Waals surface area contributed by atoms with Crippen molar-refractivity contribution in [3.8, 4) is 0 Å². The predicted molar refractivity (Wildman–Crippen MR) is 101 cm³/mol. The molecule has 0 saturated carbocycles. The Labute approximate surface area is 166 Å². The van der Waals surface area contributed by atoms with Crippen LogP contribution in [0, 0.1) is 10.1 Å². The van der Waals surface area contributed by atoms with E-state index in [1.807, 2.05) is 0 Å². The van der Waals surface area contributed by atoms with Gasteiger partial charge in [0, 0.05) is 5.70 Å². The molecule has 11 heteroatoms. The van der Waals surface area contributed by atoms with E-state index in [2.05, 4.69) is 5.32 Å². The molecule has 1 aliphatic rings. The molecule has 1 N–H and O–H groups in total. The van der Waals surface area contributed by atoms with E-state index in [-0.39, 0.29) is 35.5 Å². The van der Waals surface area contributed by atoms with E-state index >= 15 is 0 Å². The van der Waals surface area contributed by atoms with Crippen LogP contribution in [0.3, 0.4) is 0 Å². The number of hydrogen-bond acceptors (Lipinski definition) is 6. The summed E-state index contributed by atoms with van der Waals surface area (Å²) in [5, 5.41) is 14.4. The lowest BCUT2D eigenvalue weighted by atomic mass is 9.87. The van der Waals surface area contributed by atoms with Crippen LogP contribution < -0.4 is 5.32 Å². The second kappa shape index (κ2) is 8.69. The highest BCUT2D eigenvalue weighted by atomic mass is 31.2. The molecule has 0 bridgehead atoms. The topological polar surface area (TPSA) is 90.7 Å². The van der Waals surface area contributed by atoms with Crippen molar-refractivity contribution in [3.05, 3.63) is 67.9 Å². The zero-order chi connectivity index (χ0) is 22.0. The summed E-state index contributed by atoms with van der Waals surface area (Å²) in [6.45, 7) is 5.84. The number of nitrogens with one attached hydrogen (secondary N) is 1. The maximum atomic E-state index is 13.7. The van der Waals surface area contributed by atoms with Gasteiger partial charge in [0.25, 0.3) is 5.70 Å². The van der Waals surface area contributed by atoms with E-state index in [0.717, 1.165) is 12.1 Å². The van der Waals surface area contributed by atoms with E-state index in [4.69, 9.17) is 9.05 Å². The van der Waals surface area contributed by atoms with Crippen molar-refractivity contribution in [1.82, 2.24) is 5.32 Å². The third kappa shape index (κ3) is 4.55. The van der Waals surface area contributed by atoms with Crippen LogP contribution in [0.15, 0.2) is 46.7 Å². The molecule has 1 aromatic rings. The number of alkyl halides is 3. The molecule has 29 heavy (non-hydrogen) atoms. The zero-order valence-corrected chi connectivity index (χ0v) is 17.3. The van der Waals surface area contributed by atoms with Gasteiger partial charge in [-0.15, -0.1) is 0 Å². The fraction of sp³-hybridized carbons (Fsp3) is 0.444. The summed E-state index contributed by atoms with van der Waals surface area (Å²) in [6, 6.07) is 4.52. The van der Waals surface area contributed by atoms with Crippen molar-refractivity contribution in [2.45, 2.75) is 39.8 Å². The second-order valence-electron chi connectivity index (χ2n) is 6.25. The molecule has 1 heterocycles. The summed E-state index contributed by atoms with van der Waals surface area (Å²) in [5.74, 6) is -1.56. The summed E-state index contributed by atoms with van der Waals surface area (Å²) >= 11 is 0. The van der Waals surface area contributed by atoms with Crippen LogP contribution in [-0.4, -0.2) is 18.1 Å². The minimum absolute atomic E-state index is 0.0535. The largest absolute Gasteiger partial charge is 0.416 e. The van der Waals surface area contributed by atoms with Gasteiger partial charge in [0.15, 0.2) is 0 Å². The van der Waals surface area contributed by atoms with Gasteiger partial charge < -0.3 is 14.4 Å². The lowest BCUT2D eigenvalue weighted by molar-refractivity contribution is -0.431. The summed E-state index contributed by atoms with van der Waals surface area (Å²) in [5.41, 5.74) is -1.73. The first kappa shape index (κ1) is 23.1. The molecule has 0 aliphatic carbocycles. The Kier molecular flexibility index (Phi) is 6.93. The number of hydrogen-bond donors (Lipinski definition) is 1. The van der Waals surface area contributed by atoms with Gasteiger partial charge in [0.05, 0.1) is 34.7 Å². The van der Waals surface area contributed by atoms with Crippen molar-refractivity contribution in [3.63, 3.8) is 0 Å². The minimum Gasteiger partial charge on any atom is -0.357 e. The molecule has 0 radical (unpaired) electrons. The summed E-state index contributed by atoms with van der Waals surface area (Å²) in [6.07, 6.45) is -4.77. The Balaban J connectivity index is 2.89. The monoisotopic (exact) mass is 434 g/mol. The van der Waals surface area contributed by atoms with Crippen LogP contribution in [0.4, 0.5) is 13.2 Å². The standard InChI is InChI=1S/C18H22F3N2O5P/c1-5-27-29(26,28-6-2)17-12(4)22-11(3)16(23(24)25)15(17)13-9-7-8-10-14(13)18(19,20)21/h7-10,15,22H,5-6H2,1-4H3. The number of dihydropyridines is 1.